The molecule has 1 aromatic carbocycles. The third-order valence-corrected chi connectivity index (χ3v) is 2.50. The van der Waals surface area contributed by atoms with E-state index in [0.717, 1.165) is 11.4 Å². The van der Waals surface area contributed by atoms with E-state index in [2.05, 4.69) is 4.98 Å². The van der Waals surface area contributed by atoms with Crippen LogP contribution >= 0.6 is 0 Å². The number of hydrogen-bond acceptors (Lipinski definition) is 4. The summed E-state index contributed by atoms with van der Waals surface area (Å²) in [5.74, 6) is 2.14. The average Bonchev–Trinajstić information content (AvgIpc) is 2.39. The standard InChI is InChI=1S/C14H16N2O2/c1-10(15)14-7-6-13(9-16-14)18-12-5-3-4-11(8-12)17-2/h3-10H,15H2,1-2H3/t10-/m1/s1. The number of hydrogen-bond donors (Lipinski definition) is 1. The van der Waals surface area contributed by atoms with Crippen LogP contribution in [-0.4, -0.2) is 12.1 Å². The molecule has 0 radical (unpaired) electrons. The summed E-state index contributed by atoms with van der Waals surface area (Å²) in [5.41, 5.74) is 6.58. The highest BCUT2D eigenvalue weighted by molar-refractivity contribution is 5.36. The van der Waals surface area contributed by atoms with Gasteiger partial charge >= 0.3 is 0 Å². The quantitative estimate of drug-likeness (QED) is 0.898. The Morgan fingerprint density at radius 1 is 1.11 bits per heavy atom. The molecular weight excluding hydrogens is 228 g/mol. The van der Waals surface area contributed by atoms with Crippen molar-refractivity contribution < 1.29 is 9.47 Å². The Morgan fingerprint density at radius 2 is 1.89 bits per heavy atom. The first-order valence-corrected chi connectivity index (χ1v) is 5.72. The number of methoxy groups -OCH3 is 1. The van der Waals surface area contributed by atoms with Crippen LogP contribution in [0.3, 0.4) is 0 Å². The van der Waals surface area contributed by atoms with E-state index in [1.807, 2.05) is 43.3 Å². The van der Waals surface area contributed by atoms with Crippen LogP contribution < -0.4 is 15.2 Å². The molecule has 2 aromatic rings. The summed E-state index contributed by atoms with van der Waals surface area (Å²) in [6, 6.07) is 11.1. The van der Waals surface area contributed by atoms with Gasteiger partial charge in [0.1, 0.15) is 17.2 Å². The van der Waals surface area contributed by atoms with Gasteiger partial charge in [0.2, 0.25) is 0 Å². The minimum absolute atomic E-state index is 0.0733. The Morgan fingerprint density at radius 3 is 2.50 bits per heavy atom. The zero-order chi connectivity index (χ0) is 13.0. The van der Waals surface area contributed by atoms with Gasteiger partial charge in [-0.3, -0.25) is 4.98 Å². The number of benzene rings is 1. The fourth-order valence-corrected chi connectivity index (χ4v) is 1.52. The third kappa shape index (κ3) is 2.99. The van der Waals surface area contributed by atoms with Crippen LogP contribution in [0.1, 0.15) is 18.7 Å². The second-order valence-electron chi connectivity index (χ2n) is 3.99. The number of aromatic nitrogens is 1. The smallest absolute Gasteiger partial charge is 0.145 e. The Balaban J connectivity index is 2.13. The van der Waals surface area contributed by atoms with E-state index in [4.69, 9.17) is 15.2 Å². The predicted molar refractivity (Wildman–Crippen MR) is 69.9 cm³/mol. The zero-order valence-corrected chi connectivity index (χ0v) is 10.5. The molecule has 0 fully saturated rings. The molecule has 18 heavy (non-hydrogen) atoms. The van der Waals surface area contributed by atoms with Gasteiger partial charge in [-0.15, -0.1) is 0 Å². The van der Waals surface area contributed by atoms with Crippen molar-refractivity contribution in [3.63, 3.8) is 0 Å². The van der Waals surface area contributed by atoms with Gasteiger partial charge in [0.05, 0.1) is 19.0 Å². The fraction of sp³-hybridized carbons (Fsp3) is 0.214. The number of pyridine rings is 1. The summed E-state index contributed by atoms with van der Waals surface area (Å²) >= 11 is 0. The lowest BCUT2D eigenvalue weighted by molar-refractivity contribution is 0.409. The van der Waals surface area contributed by atoms with Crippen LogP contribution in [0.4, 0.5) is 0 Å². The first kappa shape index (κ1) is 12.4. The zero-order valence-electron chi connectivity index (χ0n) is 10.5. The molecule has 0 aliphatic carbocycles. The number of nitrogens with two attached hydrogens (primary N) is 1. The van der Waals surface area contributed by atoms with Gasteiger partial charge in [-0.1, -0.05) is 6.07 Å². The van der Waals surface area contributed by atoms with Crippen molar-refractivity contribution in [2.45, 2.75) is 13.0 Å². The Bertz CT molecular complexity index is 509. The molecule has 0 saturated heterocycles. The molecule has 0 aliphatic rings. The van der Waals surface area contributed by atoms with E-state index in [9.17, 15) is 0 Å². The number of ether oxygens (including phenoxy) is 2. The van der Waals surface area contributed by atoms with Gasteiger partial charge < -0.3 is 15.2 Å². The highest BCUT2D eigenvalue weighted by Crippen LogP contribution is 2.24. The highest BCUT2D eigenvalue weighted by Gasteiger charge is 2.03. The predicted octanol–water partition coefficient (Wildman–Crippen LogP) is 2.90. The molecule has 1 aromatic heterocycles. The van der Waals surface area contributed by atoms with Crippen LogP contribution in [0.15, 0.2) is 42.6 Å². The van der Waals surface area contributed by atoms with E-state index in [-0.39, 0.29) is 6.04 Å². The SMILES string of the molecule is COc1cccc(Oc2ccc([C@@H](C)N)nc2)c1. The van der Waals surface area contributed by atoms with Gasteiger partial charge in [-0.2, -0.15) is 0 Å². The van der Waals surface area contributed by atoms with E-state index in [0.29, 0.717) is 11.5 Å². The van der Waals surface area contributed by atoms with Crippen molar-refractivity contribution in [3.8, 4) is 17.2 Å². The third-order valence-electron chi connectivity index (χ3n) is 2.50. The summed E-state index contributed by atoms with van der Waals surface area (Å²) in [6.07, 6.45) is 1.66. The summed E-state index contributed by atoms with van der Waals surface area (Å²) in [4.78, 5) is 4.24. The molecule has 94 valence electrons. The lowest BCUT2D eigenvalue weighted by Gasteiger charge is -2.08. The van der Waals surface area contributed by atoms with Gasteiger partial charge in [-0.05, 0) is 31.2 Å². The van der Waals surface area contributed by atoms with E-state index in [1.54, 1.807) is 13.3 Å². The fourth-order valence-electron chi connectivity index (χ4n) is 1.52. The van der Waals surface area contributed by atoms with E-state index >= 15 is 0 Å². The Hall–Kier alpha value is -2.07. The van der Waals surface area contributed by atoms with Crippen molar-refractivity contribution in [2.75, 3.05) is 7.11 Å². The summed E-state index contributed by atoms with van der Waals surface area (Å²) < 4.78 is 10.8. The van der Waals surface area contributed by atoms with Crippen molar-refractivity contribution in [2.24, 2.45) is 5.73 Å². The average molecular weight is 244 g/mol. The first-order chi connectivity index (χ1) is 8.69. The molecule has 2 N–H and O–H groups in total. The normalized spacial score (nSPS) is 11.9. The number of rotatable bonds is 4. The second kappa shape index (κ2) is 5.51. The molecule has 2 rings (SSSR count). The molecule has 1 heterocycles. The van der Waals surface area contributed by atoms with Crippen LogP contribution in [0, 0.1) is 0 Å². The largest absolute Gasteiger partial charge is 0.497 e. The molecular formula is C14H16N2O2. The molecule has 1 atom stereocenters. The van der Waals surface area contributed by atoms with Gasteiger partial charge in [0.25, 0.3) is 0 Å². The van der Waals surface area contributed by atoms with Crippen molar-refractivity contribution in [3.05, 3.63) is 48.3 Å². The second-order valence-corrected chi connectivity index (χ2v) is 3.99. The highest BCUT2D eigenvalue weighted by atomic mass is 16.5. The molecule has 0 amide bonds. The first-order valence-electron chi connectivity index (χ1n) is 5.72. The molecule has 0 bridgehead atoms. The minimum Gasteiger partial charge on any atom is -0.497 e. The summed E-state index contributed by atoms with van der Waals surface area (Å²) in [5, 5.41) is 0. The number of nitrogens with zero attached hydrogens (tertiary/aromatic N) is 1. The van der Waals surface area contributed by atoms with Crippen molar-refractivity contribution >= 4 is 0 Å². The van der Waals surface area contributed by atoms with Gasteiger partial charge in [-0.25, -0.2) is 0 Å². The van der Waals surface area contributed by atoms with Crippen LogP contribution in [0.25, 0.3) is 0 Å². The van der Waals surface area contributed by atoms with Crippen LogP contribution in [0.5, 0.6) is 17.2 Å². The molecule has 0 unspecified atom stereocenters. The maximum Gasteiger partial charge on any atom is 0.145 e. The molecule has 0 spiro atoms. The Kier molecular flexibility index (Phi) is 3.79. The lowest BCUT2D eigenvalue weighted by Crippen LogP contribution is -2.06. The van der Waals surface area contributed by atoms with Crippen molar-refractivity contribution in [1.82, 2.24) is 4.98 Å². The topological polar surface area (TPSA) is 57.4 Å². The molecule has 4 heteroatoms. The summed E-state index contributed by atoms with van der Waals surface area (Å²) in [6.45, 7) is 1.89. The van der Waals surface area contributed by atoms with E-state index < -0.39 is 0 Å². The van der Waals surface area contributed by atoms with Crippen LogP contribution in [-0.2, 0) is 0 Å². The monoisotopic (exact) mass is 244 g/mol. The van der Waals surface area contributed by atoms with Gasteiger partial charge in [0.15, 0.2) is 0 Å². The lowest BCUT2D eigenvalue weighted by atomic mass is 10.2. The Labute approximate surface area is 106 Å². The maximum atomic E-state index is 5.73. The van der Waals surface area contributed by atoms with Gasteiger partial charge in [0, 0.05) is 12.1 Å². The van der Waals surface area contributed by atoms with Crippen molar-refractivity contribution in [1.29, 1.82) is 0 Å². The molecule has 0 saturated carbocycles. The molecule has 4 nitrogen and oxygen atoms in total. The summed E-state index contributed by atoms with van der Waals surface area (Å²) in [7, 11) is 1.62. The minimum atomic E-state index is -0.0733. The molecule has 0 aliphatic heterocycles. The van der Waals surface area contributed by atoms with Crippen LogP contribution in [0.2, 0.25) is 0 Å². The maximum absolute atomic E-state index is 5.73. The van der Waals surface area contributed by atoms with E-state index in [1.165, 1.54) is 0 Å².